The molecule has 366 valence electrons. The predicted octanol–water partition coefficient (Wildman–Crippen LogP) is 19.5. The van der Waals surface area contributed by atoms with Crippen LogP contribution in [-0.4, -0.2) is 9.97 Å². The van der Waals surface area contributed by atoms with Gasteiger partial charge in [0, 0.05) is 50.4 Å². The molecule has 0 saturated carbocycles. The first-order chi connectivity index (χ1) is 37.9. The van der Waals surface area contributed by atoms with Crippen LogP contribution in [0.3, 0.4) is 0 Å². The van der Waals surface area contributed by atoms with Crippen molar-refractivity contribution in [2.75, 3.05) is 9.80 Å². The molecule has 0 N–H and O–H groups in total. The van der Waals surface area contributed by atoms with Crippen molar-refractivity contribution in [3.05, 3.63) is 278 Å². The average molecular weight is 991 g/mol. The van der Waals surface area contributed by atoms with Crippen LogP contribution in [0.1, 0.15) is 25.0 Å². The maximum absolute atomic E-state index is 6.32. The van der Waals surface area contributed by atoms with Gasteiger partial charge in [-0.05, 0) is 148 Å². The summed E-state index contributed by atoms with van der Waals surface area (Å²) >= 11 is 0. The maximum atomic E-state index is 6.32. The van der Waals surface area contributed by atoms with Crippen molar-refractivity contribution in [2.24, 2.45) is 0 Å². The van der Waals surface area contributed by atoms with E-state index < -0.39 is 0 Å². The zero-order valence-corrected chi connectivity index (χ0v) is 42.5. The zero-order chi connectivity index (χ0) is 51.5. The first-order valence-electron chi connectivity index (χ1n) is 26.1. The summed E-state index contributed by atoms with van der Waals surface area (Å²) in [4.78, 5) is 14.5. The Morgan fingerprint density at radius 1 is 0.299 bits per heavy atom. The molecule has 0 radical (unpaired) electrons. The van der Waals surface area contributed by atoms with E-state index in [1.54, 1.807) is 0 Å². The zero-order valence-electron chi connectivity index (χ0n) is 42.5. The van der Waals surface area contributed by atoms with Gasteiger partial charge in [-0.25, -0.2) is 9.97 Å². The van der Waals surface area contributed by atoms with E-state index in [4.69, 9.17) is 18.8 Å². The summed E-state index contributed by atoms with van der Waals surface area (Å²) in [6.07, 6.45) is 0. The van der Waals surface area contributed by atoms with Gasteiger partial charge in [0.25, 0.3) is 0 Å². The fraction of sp³-hybridized carbons (Fsp3) is 0.0423. The number of rotatable bonds is 11. The lowest BCUT2D eigenvalue weighted by Crippen LogP contribution is -2.17. The van der Waals surface area contributed by atoms with E-state index in [1.165, 1.54) is 27.8 Å². The Hall–Kier alpha value is -10.0. The summed E-state index contributed by atoms with van der Waals surface area (Å²) in [6.45, 7) is 4.73. The molecule has 11 aromatic carbocycles. The second kappa shape index (κ2) is 18.7. The summed E-state index contributed by atoms with van der Waals surface area (Å²) in [7, 11) is 0. The van der Waals surface area contributed by atoms with E-state index in [0.717, 1.165) is 95.3 Å². The molecule has 6 nitrogen and oxygen atoms in total. The minimum absolute atomic E-state index is 0.307. The Labute approximate surface area is 447 Å². The molecule has 0 fully saturated rings. The Balaban J connectivity index is 0.832. The molecule has 6 heteroatoms. The van der Waals surface area contributed by atoms with Crippen molar-refractivity contribution in [1.29, 1.82) is 0 Å². The lowest BCUT2D eigenvalue weighted by molar-refractivity contribution is 0.619. The number of para-hydroxylation sites is 6. The van der Waals surface area contributed by atoms with Gasteiger partial charge < -0.3 is 18.6 Å². The molecular weight excluding hydrogens is 941 g/mol. The fourth-order valence-corrected chi connectivity index (χ4v) is 11.3. The Morgan fingerprint density at radius 3 is 1.26 bits per heavy atom. The van der Waals surface area contributed by atoms with Crippen LogP contribution >= 0.6 is 0 Å². The lowest BCUT2D eigenvalue weighted by atomic mass is 9.81. The molecule has 0 aliphatic heterocycles. The number of hydrogen-bond acceptors (Lipinski definition) is 6. The summed E-state index contributed by atoms with van der Waals surface area (Å²) in [5, 5.41) is 0. The minimum atomic E-state index is -0.307. The van der Waals surface area contributed by atoms with Gasteiger partial charge in [-0.2, -0.15) is 0 Å². The summed E-state index contributed by atoms with van der Waals surface area (Å²) in [5.41, 5.74) is 22.9. The van der Waals surface area contributed by atoms with Crippen LogP contribution in [0, 0.1) is 0 Å². The SMILES string of the molecule is CC1(C)c2cc(-c3ccc(N(c4cccc(-c5nc6ccccc6o5)c4)c4ccccc4-c4ccccc4)cc3)ccc2-c2ccc(N(c3cccc(-c4nc5ccccc5o4)c3)c3ccccc3-c3ccccc3)cc21. The van der Waals surface area contributed by atoms with Crippen molar-refractivity contribution >= 4 is 56.3 Å². The fourth-order valence-electron chi connectivity index (χ4n) is 11.3. The van der Waals surface area contributed by atoms with Crippen LogP contribution in [0.5, 0.6) is 0 Å². The first-order valence-corrected chi connectivity index (χ1v) is 26.1. The second-order valence-corrected chi connectivity index (χ2v) is 20.2. The second-order valence-electron chi connectivity index (χ2n) is 20.2. The summed E-state index contributed by atoms with van der Waals surface area (Å²) < 4.78 is 12.6. The van der Waals surface area contributed by atoms with Crippen molar-refractivity contribution < 1.29 is 8.83 Å². The third-order valence-corrected chi connectivity index (χ3v) is 15.1. The maximum Gasteiger partial charge on any atom is 0.227 e. The Kier molecular flexibility index (Phi) is 11.1. The molecule has 14 rings (SSSR count). The van der Waals surface area contributed by atoms with Gasteiger partial charge in [0.05, 0.1) is 11.4 Å². The Bertz CT molecular complexity index is 4260. The molecule has 13 aromatic rings. The van der Waals surface area contributed by atoms with Crippen LogP contribution in [0.15, 0.2) is 276 Å². The van der Waals surface area contributed by atoms with Gasteiger partial charge >= 0.3 is 0 Å². The number of nitrogens with zero attached hydrogens (tertiary/aromatic N) is 4. The standard InChI is InChI=1S/C71H50N4O2/c1-71(2)61-45-50(47-35-38-53(39-36-47)74(65-31-13-9-27-57(65)48-19-5-3-6-20-48)54-25-17-23-51(43-54)69-72-63-29-11-15-33-67(63)76-69)37-41-59(61)60-42-40-56(46-62(60)71)75(66-32-14-10-28-58(66)49-21-7-4-8-22-49)55-26-18-24-52(44-55)70-73-64-30-12-16-34-68(64)77-70/h3-46H,1-2H3. The van der Waals surface area contributed by atoms with Gasteiger partial charge in [0.15, 0.2) is 11.2 Å². The molecule has 0 atom stereocenters. The Morgan fingerprint density at radius 2 is 0.714 bits per heavy atom. The number of aromatic nitrogens is 2. The molecule has 77 heavy (non-hydrogen) atoms. The smallest absolute Gasteiger partial charge is 0.227 e. The van der Waals surface area contributed by atoms with Crippen LogP contribution < -0.4 is 9.80 Å². The third-order valence-electron chi connectivity index (χ3n) is 15.1. The van der Waals surface area contributed by atoms with E-state index in [0.29, 0.717) is 11.8 Å². The number of oxazole rings is 2. The van der Waals surface area contributed by atoms with Gasteiger partial charge in [-0.15, -0.1) is 0 Å². The van der Waals surface area contributed by atoms with Gasteiger partial charge in [-0.1, -0.05) is 178 Å². The predicted molar refractivity (Wildman–Crippen MR) is 316 cm³/mol. The number of anilines is 6. The third kappa shape index (κ3) is 8.15. The van der Waals surface area contributed by atoms with Crippen molar-refractivity contribution in [3.63, 3.8) is 0 Å². The molecule has 0 saturated heterocycles. The molecule has 0 amide bonds. The van der Waals surface area contributed by atoms with E-state index >= 15 is 0 Å². The highest BCUT2D eigenvalue weighted by atomic mass is 16.4. The number of benzene rings is 11. The highest BCUT2D eigenvalue weighted by Gasteiger charge is 2.37. The van der Waals surface area contributed by atoms with Gasteiger partial charge in [0.1, 0.15) is 11.0 Å². The first kappa shape index (κ1) is 45.6. The number of hydrogen-bond donors (Lipinski definition) is 0. The molecule has 2 heterocycles. The monoisotopic (exact) mass is 990 g/mol. The quantitative estimate of drug-likeness (QED) is 0.129. The van der Waals surface area contributed by atoms with E-state index in [9.17, 15) is 0 Å². The van der Waals surface area contributed by atoms with Crippen molar-refractivity contribution in [3.8, 4) is 67.4 Å². The van der Waals surface area contributed by atoms with E-state index in [-0.39, 0.29) is 5.41 Å². The highest BCUT2D eigenvalue weighted by molar-refractivity contribution is 5.93. The van der Waals surface area contributed by atoms with E-state index in [2.05, 4.69) is 242 Å². The normalized spacial score (nSPS) is 12.4. The van der Waals surface area contributed by atoms with Crippen LogP contribution in [0.25, 0.3) is 89.6 Å². The van der Waals surface area contributed by atoms with Crippen LogP contribution in [0.4, 0.5) is 34.1 Å². The largest absolute Gasteiger partial charge is 0.436 e. The molecule has 1 aliphatic rings. The minimum Gasteiger partial charge on any atom is -0.436 e. The summed E-state index contributed by atoms with van der Waals surface area (Å²) in [6, 6.07) is 94.4. The molecular formula is C71H50N4O2. The van der Waals surface area contributed by atoms with E-state index in [1.807, 2.05) is 48.5 Å². The van der Waals surface area contributed by atoms with Crippen molar-refractivity contribution in [2.45, 2.75) is 19.3 Å². The topological polar surface area (TPSA) is 58.5 Å². The van der Waals surface area contributed by atoms with Crippen LogP contribution in [-0.2, 0) is 5.41 Å². The molecule has 0 unspecified atom stereocenters. The van der Waals surface area contributed by atoms with Crippen LogP contribution in [0.2, 0.25) is 0 Å². The molecule has 0 spiro atoms. The molecule has 0 bridgehead atoms. The highest BCUT2D eigenvalue weighted by Crippen LogP contribution is 2.53. The number of fused-ring (bicyclic) bond motifs is 5. The average Bonchev–Trinajstić information content (AvgIpc) is 4.33. The van der Waals surface area contributed by atoms with Gasteiger partial charge in [0.2, 0.25) is 11.8 Å². The van der Waals surface area contributed by atoms with Crippen molar-refractivity contribution in [1.82, 2.24) is 9.97 Å². The van der Waals surface area contributed by atoms with Gasteiger partial charge in [-0.3, -0.25) is 0 Å². The summed E-state index contributed by atoms with van der Waals surface area (Å²) in [5.74, 6) is 1.18. The molecule has 1 aliphatic carbocycles. The molecule has 2 aromatic heterocycles. The lowest BCUT2D eigenvalue weighted by Gasteiger charge is -2.30.